The number of aromatic nitrogens is 2. The second-order valence-corrected chi connectivity index (χ2v) is 6.24. The summed E-state index contributed by atoms with van der Waals surface area (Å²) in [6, 6.07) is 7.78. The first kappa shape index (κ1) is 15.6. The fourth-order valence-electron chi connectivity index (χ4n) is 1.91. The zero-order chi connectivity index (χ0) is 15.4. The van der Waals surface area contributed by atoms with Gasteiger partial charge in [-0.05, 0) is 19.4 Å². The zero-order valence-corrected chi connectivity index (χ0v) is 13.4. The van der Waals surface area contributed by atoms with E-state index < -0.39 is 0 Å². The largest absolute Gasteiger partial charge is 0.347 e. The predicted molar refractivity (Wildman–Crippen MR) is 84.8 cm³/mol. The van der Waals surface area contributed by atoms with Crippen molar-refractivity contribution in [2.24, 2.45) is 5.92 Å². The van der Waals surface area contributed by atoms with Crippen LogP contribution in [0.4, 0.5) is 5.13 Å². The molecule has 1 aromatic carbocycles. The first-order valence-corrected chi connectivity index (χ1v) is 7.87. The smallest absolute Gasteiger partial charge is 0.284 e. The molecule has 21 heavy (non-hydrogen) atoms. The summed E-state index contributed by atoms with van der Waals surface area (Å²) >= 11 is 1.38. The van der Waals surface area contributed by atoms with E-state index in [0.29, 0.717) is 5.13 Å². The van der Waals surface area contributed by atoms with Gasteiger partial charge in [0.15, 0.2) is 6.04 Å². The fraction of sp³-hybridized carbons (Fsp3) is 0.400. The molecule has 0 unspecified atom stereocenters. The van der Waals surface area contributed by atoms with Gasteiger partial charge in [-0.2, -0.15) is 0 Å². The van der Waals surface area contributed by atoms with Crippen LogP contribution in [-0.2, 0) is 4.79 Å². The third-order valence-corrected chi connectivity index (χ3v) is 4.48. The molecule has 1 heterocycles. The lowest BCUT2D eigenvalue weighted by molar-refractivity contribution is -0.414. The summed E-state index contributed by atoms with van der Waals surface area (Å²) in [4.78, 5) is 12.1. The highest BCUT2D eigenvalue weighted by Crippen LogP contribution is 2.26. The number of nitrogens with one attached hydrogen (secondary N) is 1. The summed E-state index contributed by atoms with van der Waals surface area (Å²) in [6.07, 6.45) is 0.923. The molecule has 0 aliphatic carbocycles. The first-order chi connectivity index (χ1) is 10.0. The summed E-state index contributed by atoms with van der Waals surface area (Å²) in [6.45, 7) is 6.11. The Morgan fingerprint density at radius 2 is 2.19 bits per heavy atom. The third-order valence-electron chi connectivity index (χ3n) is 3.59. The highest BCUT2D eigenvalue weighted by molar-refractivity contribution is 7.18. The molecule has 5 nitrogen and oxygen atoms in total. The SMILES string of the molecule is CC[C@H](C)[C@H]([NH3+])C(=O)Nc1nnc(-c2cccc(C)c2)s1. The lowest BCUT2D eigenvalue weighted by Gasteiger charge is -2.13. The van der Waals surface area contributed by atoms with Gasteiger partial charge in [-0.25, -0.2) is 0 Å². The van der Waals surface area contributed by atoms with Crippen LogP contribution < -0.4 is 11.1 Å². The van der Waals surface area contributed by atoms with Crippen molar-refractivity contribution in [1.82, 2.24) is 10.2 Å². The second kappa shape index (κ2) is 6.78. The lowest BCUT2D eigenvalue weighted by atomic mass is 10.00. The molecule has 0 saturated heterocycles. The normalized spacial score (nSPS) is 13.7. The van der Waals surface area contributed by atoms with E-state index in [1.807, 2.05) is 32.0 Å². The Morgan fingerprint density at radius 3 is 2.86 bits per heavy atom. The number of rotatable bonds is 5. The minimum Gasteiger partial charge on any atom is -0.347 e. The fourth-order valence-corrected chi connectivity index (χ4v) is 2.65. The van der Waals surface area contributed by atoms with Gasteiger partial charge in [-0.15, -0.1) is 10.2 Å². The second-order valence-electron chi connectivity index (χ2n) is 5.26. The molecule has 1 aromatic heterocycles. The van der Waals surface area contributed by atoms with Gasteiger partial charge in [-0.3, -0.25) is 10.1 Å². The maximum absolute atomic E-state index is 12.1. The number of nitrogens with zero attached hydrogens (tertiary/aromatic N) is 2. The van der Waals surface area contributed by atoms with Gasteiger partial charge in [0.25, 0.3) is 5.91 Å². The number of aryl methyl sites for hydroxylation is 1. The average molecular weight is 305 g/mol. The Labute approximate surface area is 128 Å². The van der Waals surface area contributed by atoms with E-state index in [9.17, 15) is 4.79 Å². The van der Waals surface area contributed by atoms with Gasteiger partial charge in [-0.1, -0.05) is 48.9 Å². The van der Waals surface area contributed by atoms with Crippen molar-refractivity contribution in [3.63, 3.8) is 0 Å². The number of hydrogen-bond donors (Lipinski definition) is 2. The minimum atomic E-state index is -0.277. The van der Waals surface area contributed by atoms with Gasteiger partial charge in [0, 0.05) is 11.5 Å². The Balaban J connectivity index is 2.08. The van der Waals surface area contributed by atoms with Crippen molar-refractivity contribution in [3.05, 3.63) is 29.8 Å². The minimum absolute atomic E-state index is 0.101. The molecule has 4 N–H and O–H groups in total. The quantitative estimate of drug-likeness (QED) is 0.887. The molecule has 0 spiro atoms. The highest BCUT2D eigenvalue weighted by Gasteiger charge is 2.24. The molecule has 0 fully saturated rings. The number of benzene rings is 1. The molecule has 0 radical (unpaired) electrons. The Hall–Kier alpha value is -1.79. The van der Waals surface area contributed by atoms with E-state index in [1.54, 1.807) is 0 Å². The van der Waals surface area contributed by atoms with E-state index in [1.165, 1.54) is 16.9 Å². The Bertz CT molecular complexity index is 626. The van der Waals surface area contributed by atoms with Crippen molar-refractivity contribution in [2.75, 3.05) is 5.32 Å². The lowest BCUT2D eigenvalue weighted by Crippen LogP contribution is -2.69. The van der Waals surface area contributed by atoms with E-state index in [4.69, 9.17) is 0 Å². The van der Waals surface area contributed by atoms with Crippen LogP contribution in [0.25, 0.3) is 10.6 Å². The van der Waals surface area contributed by atoms with Gasteiger partial charge < -0.3 is 5.73 Å². The molecule has 2 aromatic rings. The van der Waals surface area contributed by atoms with E-state index >= 15 is 0 Å². The molecule has 0 aliphatic rings. The van der Waals surface area contributed by atoms with Crippen molar-refractivity contribution < 1.29 is 10.5 Å². The topological polar surface area (TPSA) is 82.5 Å². The molecule has 0 saturated carbocycles. The Morgan fingerprint density at radius 1 is 1.43 bits per heavy atom. The van der Waals surface area contributed by atoms with Gasteiger partial charge in [0.05, 0.1) is 0 Å². The van der Waals surface area contributed by atoms with Crippen molar-refractivity contribution in [2.45, 2.75) is 33.2 Å². The third kappa shape index (κ3) is 3.86. The van der Waals surface area contributed by atoms with Crippen molar-refractivity contribution in [1.29, 1.82) is 0 Å². The molecule has 1 amide bonds. The predicted octanol–water partition coefficient (Wildman–Crippen LogP) is 2.11. The Kier molecular flexibility index (Phi) is 5.03. The van der Waals surface area contributed by atoms with Crippen LogP contribution in [0.5, 0.6) is 0 Å². The summed E-state index contributed by atoms with van der Waals surface area (Å²) in [5.41, 5.74) is 6.11. The molecule has 0 bridgehead atoms. The van der Waals surface area contributed by atoms with Crippen molar-refractivity contribution in [3.8, 4) is 10.6 Å². The van der Waals surface area contributed by atoms with E-state index in [-0.39, 0.29) is 17.9 Å². The number of hydrogen-bond acceptors (Lipinski definition) is 4. The maximum Gasteiger partial charge on any atom is 0.284 e. The summed E-state index contributed by atoms with van der Waals surface area (Å²) < 4.78 is 0. The average Bonchev–Trinajstić information content (AvgIpc) is 2.94. The number of anilines is 1. The van der Waals surface area contributed by atoms with Crippen LogP contribution in [0, 0.1) is 12.8 Å². The number of carbonyl (C=O) groups excluding carboxylic acids is 1. The highest BCUT2D eigenvalue weighted by atomic mass is 32.1. The van der Waals surface area contributed by atoms with Crippen LogP contribution in [0.3, 0.4) is 0 Å². The molecular weight excluding hydrogens is 284 g/mol. The van der Waals surface area contributed by atoms with Crippen LogP contribution in [-0.4, -0.2) is 22.1 Å². The van der Waals surface area contributed by atoms with Gasteiger partial charge in [0.2, 0.25) is 5.13 Å². The van der Waals surface area contributed by atoms with Crippen molar-refractivity contribution >= 4 is 22.4 Å². The van der Waals surface area contributed by atoms with Gasteiger partial charge in [0.1, 0.15) is 5.01 Å². The number of amides is 1. The standard InChI is InChI=1S/C15H20N4OS/c1-4-10(3)12(16)13(20)17-15-19-18-14(21-15)11-7-5-6-9(2)8-11/h5-8,10,12H,4,16H2,1-3H3,(H,17,19,20)/p+1/t10-,12-/m0/s1. The molecular formula is C15H21N4OS+. The number of quaternary nitrogens is 1. The van der Waals surface area contributed by atoms with Crippen LogP contribution in [0.2, 0.25) is 0 Å². The molecule has 6 heteroatoms. The monoisotopic (exact) mass is 305 g/mol. The van der Waals surface area contributed by atoms with E-state index in [0.717, 1.165) is 17.0 Å². The summed E-state index contributed by atoms with van der Waals surface area (Å²) in [5, 5.41) is 12.3. The number of carbonyl (C=O) groups is 1. The zero-order valence-electron chi connectivity index (χ0n) is 12.6. The van der Waals surface area contributed by atoms with Crippen LogP contribution >= 0.6 is 11.3 Å². The molecule has 112 valence electrons. The molecule has 2 atom stereocenters. The van der Waals surface area contributed by atoms with Crippen LogP contribution in [0.1, 0.15) is 25.8 Å². The maximum atomic E-state index is 12.1. The van der Waals surface area contributed by atoms with E-state index in [2.05, 4.69) is 34.2 Å². The first-order valence-electron chi connectivity index (χ1n) is 7.05. The molecule has 2 rings (SSSR count). The summed E-state index contributed by atoms with van der Waals surface area (Å²) in [5.74, 6) is 0.144. The van der Waals surface area contributed by atoms with Gasteiger partial charge >= 0.3 is 0 Å². The van der Waals surface area contributed by atoms with Crippen LogP contribution in [0.15, 0.2) is 24.3 Å². The molecule has 0 aliphatic heterocycles. The summed E-state index contributed by atoms with van der Waals surface area (Å²) in [7, 11) is 0.